The predicted octanol–water partition coefficient (Wildman–Crippen LogP) is 1.36. The molecule has 2 heterocycles. The molecule has 0 saturated heterocycles. The molecule has 0 amide bonds. The van der Waals surface area contributed by atoms with Crippen LogP contribution in [0.1, 0.15) is 11.3 Å². The zero-order chi connectivity index (χ0) is 9.26. The van der Waals surface area contributed by atoms with E-state index < -0.39 is 0 Å². The number of fused-ring (bicyclic) bond motifs is 1. The molecule has 0 bridgehead atoms. The molecule has 1 aromatic rings. The fourth-order valence-corrected chi connectivity index (χ4v) is 1.80. The van der Waals surface area contributed by atoms with Crippen molar-refractivity contribution >= 4 is 17.8 Å². The van der Waals surface area contributed by atoms with Crippen LogP contribution in [0.2, 0.25) is 0 Å². The number of aromatic nitrogens is 1. The summed E-state index contributed by atoms with van der Waals surface area (Å²) in [5.74, 6) is 1.99. The van der Waals surface area contributed by atoms with Gasteiger partial charge in [-0.2, -0.15) is 9.98 Å². The lowest BCUT2D eigenvalue weighted by atomic mass is 10.2. The molecule has 0 fully saturated rings. The van der Waals surface area contributed by atoms with Gasteiger partial charge in [-0.05, 0) is 18.0 Å². The van der Waals surface area contributed by atoms with Gasteiger partial charge in [0.1, 0.15) is 6.07 Å². The minimum absolute atomic E-state index is 0.299. The highest BCUT2D eigenvalue weighted by atomic mass is 32.2. The highest BCUT2D eigenvalue weighted by Gasteiger charge is 2.18. The standard InChI is InChI=1S/C8H6N3OS/c1-12-7-2-5-4-13-11-8(5)10-6(7)3-9/h2H,4H2,1H3. The van der Waals surface area contributed by atoms with Crippen LogP contribution in [-0.4, -0.2) is 12.1 Å². The molecular weight excluding hydrogens is 186 g/mol. The van der Waals surface area contributed by atoms with Crippen molar-refractivity contribution in [3.8, 4) is 11.8 Å². The van der Waals surface area contributed by atoms with E-state index in [4.69, 9.17) is 10.00 Å². The molecular formula is C8H6N3OS. The second-order valence-corrected chi connectivity index (χ2v) is 3.23. The molecule has 0 atom stereocenters. The van der Waals surface area contributed by atoms with Crippen LogP contribution in [0.15, 0.2) is 6.07 Å². The minimum Gasteiger partial charge on any atom is -0.494 e. The van der Waals surface area contributed by atoms with E-state index in [-0.39, 0.29) is 0 Å². The van der Waals surface area contributed by atoms with Crippen LogP contribution in [0, 0.1) is 11.3 Å². The minimum atomic E-state index is 0.299. The molecule has 1 radical (unpaired) electrons. The monoisotopic (exact) mass is 192 g/mol. The molecule has 0 unspecified atom stereocenters. The number of rotatable bonds is 1. The third kappa shape index (κ3) is 1.29. The first kappa shape index (κ1) is 8.20. The lowest BCUT2D eigenvalue weighted by molar-refractivity contribution is 0.411. The Labute approximate surface area is 80.1 Å². The van der Waals surface area contributed by atoms with E-state index in [1.54, 1.807) is 0 Å². The fourth-order valence-electron chi connectivity index (χ4n) is 1.11. The zero-order valence-electron chi connectivity index (χ0n) is 6.94. The van der Waals surface area contributed by atoms with E-state index in [0.29, 0.717) is 17.3 Å². The van der Waals surface area contributed by atoms with Crippen molar-refractivity contribution in [1.82, 2.24) is 9.71 Å². The van der Waals surface area contributed by atoms with Crippen LogP contribution in [0.5, 0.6) is 5.75 Å². The molecule has 0 N–H and O–H groups in total. The molecule has 0 aliphatic carbocycles. The molecule has 0 saturated carbocycles. The smallest absolute Gasteiger partial charge is 0.184 e. The number of hydrogen-bond acceptors (Lipinski definition) is 4. The summed E-state index contributed by atoms with van der Waals surface area (Å²) in [7, 11) is 1.53. The number of ether oxygens (including phenoxy) is 1. The van der Waals surface area contributed by atoms with Crippen molar-refractivity contribution in [2.45, 2.75) is 5.75 Å². The van der Waals surface area contributed by atoms with E-state index >= 15 is 0 Å². The van der Waals surface area contributed by atoms with Crippen LogP contribution < -0.4 is 9.46 Å². The molecule has 1 aliphatic rings. The molecule has 1 aromatic heterocycles. The van der Waals surface area contributed by atoms with Crippen LogP contribution in [0.4, 0.5) is 5.82 Å². The van der Waals surface area contributed by atoms with Crippen molar-refractivity contribution in [1.29, 1.82) is 5.26 Å². The van der Waals surface area contributed by atoms with Gasteiger partial charge in [0.25, 0.3) is 0 Å². The molecule has 1 aliphatic heterocycles. The molecule has 0 spiro atoms. The Morgan fingerprint density at radius 1 is 1.69 bits per heavy atom. The number of pyridine rings is 1. The van der Waals surface area contributed by atoms with Gasteiger partial charge in [0, 0.05) is 11.3 Å². The molecule has 2 rings (SSSR count). The molecule has 65 valence electrons. The normalized spacial score (nSPS) is 12.9. The Hall–Kier alpha value is -1.41. The van der Waals surface area contributed by atoms with E-state index in [1.165, 1.54) is 19.1 Å². The van der Waals surface area contributed by atoms with Gasteiger partial charge in [-0.3, -0.25) is 0 Å². The zero-order valence-corrected chi connectivity index (χ0v) is 7.76. The predicted molar refractivity (Wildman–Crippen MR) is 48.6 cm³/mol. The topological polar surface area (TPSA) is 60.0 Å². The van der Waals surface area contributed by atoms with Gasteiger partial charge in [0.2, 0.25) is 0 Å². The number of hydrogen-bond donors (Lipinski definition) is 0. The van der Waals surface area contributed by atoms with Crippen molar-refractivity contribution < 1.29 is 4.74 Å². The van der Waals surface area contributed by atoms with Crippen molar-refractivity contribution in [2.24, 2.45) is 0 Å². The van der Waals surface area contributed by atoms with Gasteiger partial charge in [0.15, 0.2) is 17.3 Å². The number of methoxy groups -OCH3 is 1. The third-order valence-corrected chi connectivity index (χ3v) is 2.48. The van der Waals surface area contributed by atoms with E-state index in [2.05, 4.69) is 9.71 Å². The van der Waals surface area contributed by atoms with Crippen molar-refractivity contribution in [2.75, 3.05) is 7.11 Å². The summed E-state index contributed by atoms with van der Waals surface area (Å²) in [6, 6.07) is 3.79. The van der Waals surface area contributed by atoms with Crippen LogP contribution in [0.25, 0.3) is 0 Å². The Morgan fingerprint density at radius 3 is 3.23 bits per heavy atom. The van der Waals surface area contributed by atoms with Gasteiger partial charge >= 0.3 is 0 Å². The van der Waals surface area contributed by atoms with Crippen LogP contribution in [0.3, 0.4) is 0 Å². The SMILES string of the molecule is COc1cc2c(nc1C#N)[N]SC2. The van der Waals surface area contributed by atoms with Crippen molar-refractivity contribution in [3.63, 3.8) is 0 Å². The summed E-state index contributed by atoms with van der Waals surface area (Å²) in [6.45, 7) is 0. The summed E-state index contributed by atoms with van der Waals surface area (Å²) < 4.78 is 9.11. The Kier molecular flexibility index (Phi) is 1.99. The Balaban J connectivity index is 2.55. The third-order valence-electron chi connectivity index (χ3n) is 1.74. The lowest BCUT2D eigenvalue weighted by Crippen LogP contribution is -1.94. The first-order valence-corrected chi connectivity index (χ1v) is 4.60. The lowest BCUT2D eigenvalue weighted by Gasteiger charge is -2.02. The van der Waals surface area contributed by atoms with E-state index in [1.807, 2.05) is 12.1 Å². The van der Waals surface area contributed by atoms with E-state index in [0.717, 1.165) is 11.3 Å². The van der Waals surface area contributed by atoms with Gasteiger partial charge < -0.3 is 4.74 Å². The first-order chi connectivity index (χ1) is 6.35. The molecule has 13 heavy (non-hydrogen) atoms. The quantitative estimate of drug-likeness (QED) is 0.630. The summed E-state index contributed by atoms with van der Waals surface area (Å²) >= 11 is 1.44. The average Bonchev–Trinajstić information content (AvgIpc) is 2.62. The Bertz CT molecular complexity index is 386. The number of nitrogens with zero attached hydrogens (tertiary/aromatic N) is 3. The summed E-state index contributed by atoms with van der Waals surface area (Å²) in [5.41, 5.74) is 1.33. The molecule has 4 nitrogen and oxygen atoms in total. The van der Waals surface area contributed by atoms with Gasteiger partial charge in [0.05, 0.1) is 7.11 Å². The average molecular weight is 192 g/mol. The largest absolute Gasteiger partial charge is 0.494 e. The first-order valence-electron chi connectivity index (χ1n) is 3.66. The van der Waals surface area contributed by atoms with Gasteiger partial charge in [-0.1, -0.05) is 0 Å². The second kappa shape index (κ2) is 3.15. The fraction of sp³-hybridized carbons (Fsp3) is 0.250. The van der Waals surface area contributed by atoms with Crippen LogP contribution in [-0.2, 0) is 5.75 Å². The van der Waals surface area contributed by atoms with Crippen LogP contribution >= 0.6 is 11.9 Å². The van der Waals surface area contributed by atoms with Crippen molar-refractivity contribution in [3.05, 3.63) is 17.3 Å². The summed E-state index contributed by atoms with van der Waals surface area (Å²) in [4.78, 5) is 4.07. The maximum absolute atomic E-state index is 8.74. The maximum Gasteiger partial charge on any atom is 0.184 e. The molecule has 0 aromatic carbocycles. The highest BCUT2D eigenvalue weighted by Crippen LogP contribution is 2.33. The summed E-state index contributed by atoms with van der Waals surface area (Å²) in [5, 5.41) is 8.74. The highest BCUT2D eigenvalue weighted by molar-refractivity contribution is 7.97. The van der Waals surface area contributed by atoms with Gasteiger partial charge in [-0.15, -0.1) is 0 Å². The maximum atomic E-state index is 8.74. The summed E-state index contributed by atoms with van der Waals surface area (Å²) in [6.07, 6.45) is 0. The Morgan fingerprint density at radius 2 is 2.54 bits per heavy atom. The van der Waals surface area contributed by atoms with E-state index in [9.17, 15) is 0 Å². The molecule has 5 heteroatoms. The number of nitriles is 1. The van der Waals surface area contributed by atoms with Gasteiger partial charge in [-0.25, -0.2) is 4.98 Å². The second-order valence-electron chi connectivity index (χ2n) is 2.50.